The van der Waals surface area contributed by atoms with Gasteiger partial charge in [0.1, 0.15) is 11.3 Å². The fraction of sp³-hybridized carbons (Fsp3) is 0.0714. The van der Waals surface area contributed by atoms with Crippen LogP contribution in [0, 0.1) is 5.82 Å². The summed E-state index contributed by atoms with van der Waals surface area (Å²) >= 11 is 12.9. The maximum absolute atomic E-state index is 13.7. The zero-order valence-electron chi connectivity index (χ0n) is 11.8. The summed E-state index contributed by atoms with van der Waals surface area (Å²) < 4.78 is 24.6. The van der Waals surface area contributed by atoms with Crippen molar-refractivity contribution in [2.45, 2.75) is 5.16 Å². The average Bonchev–Trinajstić information content (AvgIpc) is 2.88. The monoisotopic (exact) mass is 406 g/mol. The number of halogens is 3. The molecule has 0 saturated heterocycles. The molecule has 0 aliphatic heterocycles. The molecule has 0 unspecified atom stereocenters. The molecule has 0 aliphatic carbocycles. The van der Waals surface area contributed by atoms with Crippen LogP contribution in [-0.4, -0.2) is 25.2 Å². The first kappa shape index (κ1) is 17.7. The van der Waals surface area contributed by atoms with Crippen molar-refractivity contribution in [1.29, 1.82) is 0 Å². The van der Waals surface area contributed by atoms with Crippen LogP contribution in [0.1, 0.15) is 0 Å². The summed E-state index contributed by atoms with van der Waals surface area (Å²) in [6, 6.07) is 7.68. The smallest absolute Gasteiger partial charge is 0.333 e. The van der Waals surface area contributed by atoms with Crippen molar-refractivity contribution in [2.75, 3.05) is 5.49 Å². The van der Waals surface area contributed by atoms with Crippen molar-refractivity contribution in [3.8, 4) is 11.1 Å². The number of thioether (sulfide) groups is 1. The van der Waals surface area contributed by atoms with Crippen molar-refractivity contribution >= 4 is 53.6 Å². The molecule has 3 N–H and O–H groups in total. The second-order valence-corrected chi connectivity index (χ2v) is 8.81. The van der Waals surface area contributed by atoms with Crippen LogP contribution in [0.15, 0.2) is 35.5 Å². The molecule has 0 fully saturated rings. The molecule has 0 saturated carbocycles. The molecule has 0 atom stereocenters. The molecule has 24 heavy (non-hydrogen) atoms. The predicted octanol–water partition coefficient (Wildman–Crippen LogP) is 4.90. The van der Waals surface area contributed by atoms with Gasteiger partial charge < -0.3 is 14.8 Å². The van der Waals surface area contributed by atoms with E-state index in [4.69, 9.17) is 33.0 Å². The Morgan fingerprint density at radius 2 is 1.96 bits per heavy atom. The number of aromatic nitrogens is 2. The SMILES string of the molecule is O=P(O)(O)CSc1nc2cc(-c3ccc(Cl)c(F)c3)c(Cl)cc2[nH]1. The summed E-state index contributed by atoms with van der Waals surface area (Å²) in [4.78, 5) is 25.0. The van der Waals surface area contributed by atoms with Gasteiger partial charge in [-0.3, -0.25) is 4.57 Å². The lowest BCUT2D eigenvalue weighted by molar-refractivity contribution is 0.379. The Bertz CT molecular complexity index is 976. The molecule has 5 nitrogen and oxygen atoms in total. The van der Waals surface area contributed by atoms with Crippen molar-refractivity contribution in [1.82, 2.24) is 9.97 Å². The predicted molar refractivity (Wildman–Crippen MR) is 94.3 cm³/mol. The average molecular weight is 407 g/mol. The van der Waals surface area contributed by atoms with E-state index in [1.54, 1.807) is 18.2 Å². The first-order valence-corrected chi connectivity index (χ1v) is 10.1. The van der Waals surface area contributed by atoms with E-state index in [-0.39, 0.29) is 10.5 Å². The van der Waals surface area contributed by atoms with Crippen molar-refractivity contribution in [3.63, 3.8) is 0 Å². The van der Waals surface area contributed by atoms with E-state index in [1.807, 2.05) is 0 Å². The Hall–Kier alpha value is -1.08. The summed E-state index contributed by atoms with van der Waals surface area (Å²) in [5.41, 5.74) is 1.92. The van der Waals surface area contributed by atoms with Gasteiger partial charge in [0, 0.05) is 5.56 Å². The second-order valence-electron chi connectivity index (χ2n) is 4.96. The zero-order valence-corrected chi connectivity index (χ0v) is 15.1. The third-order valence-corrected chi connectivity index (χ3v) is 6.10. The molecule has 3 aromatic rings. The molecule has 126 valence electrons. The normalized spacial score (nSPS) is 12.0. The molecular weight excluding hydrogens is 397 g/mol. The van der Waals surface area contributed by atoms with Crippen molar-refractivity contribution < 1.29 is 18.7 Å². The van der Waals surface area contributed by atoms with E-state index in [2.05, 4.69) is 9.97 Å². The molecule has 2 aromatic carbocycles. The van der Waals surface area contributed by atoms with Gasteiger partial charge in [-0.1, -0.05) is 41.0 Å². The number of hydrogen-bond acceptors (Lipinski definition) is 3. The molecule has 3 rings (SSSR count). The van der Waals surface area contributed by atoms with Gasteiger partial charge in [-0.15, -0.1) is 0 Å². The van der Waals surface area contributed by atoms with E-state index in [0.717, 1.165) is 11.8 Å². The molecule has 1 aromatic heterocycles. The number of fused-ring (bicyclic) bond motifs is 1. The van der Waals surface area contributed by atoms with E-state index < -0.39 is 13.4 Å². The molecular formula is C14H10Cl2FN2O3PS. The minimum Gasteiger partial charge on any atom is -0.333 e. The van der Waals surface area contributed by atoms with E-state index >= 15 is 0 Å². The maximum atomic E-state index is 13.7. The highest BCUT2D eigenvalue weighted by atomic mass is 35.5. The number of nitrogens with one attached hydrogen (secondary N) is 1. The van der Waals surface area contributed by atoms with Crippen LogP contribution in [0.4, 0.5) is 4.39 Å². The minimum absolute atomic E-state index is 0.0202. The number of imidazole rings is 1. The number of nitrogens with zero attached hydrogens (tertiary/aromatic N) is 1. The van der Waals surface area contributed by atoms with E-state index in [0.29, 0.717) is 32.3 Å². The van der Waals surface area contributed by atoms with Crippen LogP contribution in [0.5, 0.6) is 0 Å². The van der Waals surface area contributed by atoms with Gasteiger partial charge in [0.25, 0.3) is 0 Å². The highest BCUT2D eigenvalue weighted by Crippen LogP contribution is 2.41. The van der Waals surface area contributed by atoms with Gasteiger partial charge in [-0.2, -0.15) is 0 Å². The Morgan fingerprint density at radius 3 is 2.62 bits per heavy atom. The van der Waals surface area contributed by atoms with Gasteiger partial charge in [0.2, 0.25) is 0 Å². The Morgan fingerprint density at radius 1 is 1.21 bits per heavy atom. The lowest BCUT2D eigenvalue weighted by atomic mass is 10.0. The second kappa shape index (κ2) is 6.67. The summed E-state index contributed by atoms with van der Waals surface area (Å²) in [6.07, 6.45) is 0. The summed E-state index contributed by atoms with van der Waals surface area (Å²) in [6.45, 7) is 0. The van der Waals surface area contributed by atoms with E-state index in [1.165, 1.54) is 12.1 Å². The van der Waals surface area contributed by atoms with Crippen LogP contribution in [-0.2, 0) is 4.57 Å². The van der Waals surface area contributed by atoms with Crippen LogP contribution in [0.3, 0.4) is 0 Å². The Labute approximate surface area is 150 Å². The lowest BCUT2D eigenvalue weighted by Crippen LogP contribution is -1.84. The highest BCUT2D eigenvalue weighted by molar-refractivity contribution is 8.04. The number of hydrogen-bond donors (Lipinski definition) is 3. The third-order valence-electron chi connectivity index (χ3n) is 3.15. The summed E-state index contributed by atoms with van der Waals surface area (Å²) in [5.74, 6) is -0.551. The van der Waals surface area contributed by atoms with Crippen molar-refractivity contribution in [2.24, 2.45) is 0 Å². The molecule has 0 bridgehead atoms. The molecule has 1 heterocycles. The summed E-state index contributed by atoms with van der Waals surface area (Å²) in [5, 5.41) is 0.773. The Balaban J connectivity index is 2.00. The minimum atomic E-state index is -4.13. The molecule has 10 heteroatoms. The first-order chi connectivity index (χ1) is 11.2. The topological polar surface area (TPSA) is 86.2 Å². The molecule has 0 radical (unpaired) electrons. The maximum Gasteiger partial charge on any atom is 0.335 e. The third kappa shape index (κ3) is 3.94. The van der Waals surface area contributed by atoms with Crippen LogP contribution >= 0.6 is 42.6 Å². The van der Waals surface area contributed by atoms with Crippen LogP contribution in [0.25, 0.3) is 22.2 Å². The largest absolute Gasteiger partial charge is 0.335 e. The molecule has 0 spiro atoms. The molecule has 0 aliphatic rings. The fourth-order valence-corrected chi connectivity index (χ4v) is 4.00. The fourth-order valence-electron chi connectivity index (χ4n) is 2.11. The van der Waals surface area contributed by atoms with Crippen LogP contribution in [0.2, 0.25) is 10.0 Å². The first-order valence-electron chi connectivity index (χ1n) is 6.55. The molecule has 0 amide bonds. The number of rotatable bonds is 4. The zero-order chi connectivity index (χ0) is 17.5. The Kier molecular flexibility index (Phi) is 4.93. The van der Waals surface area contributed by atoms with Crippen molar-refractivity contribution in [3.05, 3.63) is 46.2 Å². The number of benzene rings is 2. The number of aromatic amines is 1. The van der Waals surface area contributed by atoms with Crippen LogP contribution < -0.4 is 0 Å². The van der Waals surface area contributed by atoms with E-state index in [9.17, 15) is 8.96 Å². The lowest BCUT2D eigenvalue weighted by Gasteiger charge is -2.05. The van der Waals surface area contributed by atoms with Gasteiger partial charge >= 0.3 is 7.60 Å². The highest BCUT2D eigenvalue weighted by Gasteiger charge is 2.16. The van der Waals surface area contributed by atoms with Gasteiger partial charge in [-0.25, -0.2) is 9.37 Å². The van der Waals surface area contributed by atoms with Gasteiger partial charge in [0.05, 0.1) is 21.1 Å². The van der Waals surface area contributed by atoms with Gasteiger partial charge in [0.15, 0.2) is 5.16 Å². The standard InChI is InChI=1S/C14H10Cl2FN2O3PS/c15-9-2-1-7(3-11(9)17)8-4-12-13(5-10(8)16)19-14(18-12)24-6-23(20,21)22/h1-5H,6H2,(H,18,19)(H2,20,21,22). The van der Waals surface area contributed by atoms with Gasteiger partial charge in [-0.05, 0) is 29.8 Å². The number of H-pyrrole nitrogens is 1. The summed E-state index contributed by atoms with van der Waals surface area (Å²) in [7, 11) is -4.13. The quantitative estimate of drug-likeness (QED) is 0.423.